The van der Waals surface area contributed by atoms with E-state index in [-0.39, 0.29) is 6.04 Å². The molecule has 1 aliphatic heterocycles. The molecule has 1 saturated heterocycles. The van der Waals surface area contributed by atoms with Crippen molar-refractivity contribution in [3.63, 3.8) is 0 Å². The second kappa shape index (κ2) is 5.04. The van der Waals surface area contributed by atoms with Gasteiger partial charge in [-0.1, -0.05) is 12.1 Å². The first-order valence-electron chi connectivity index (χ1n) is 5.80. The summed E-state index contributed by atoms with van der Waals surface area (Å²) in [5, 5.41) is 0. The van der Waals surface area contributed by atoms with Gasteiger partial charge in [-0.2, -0.15) is 0 Å². The molecule has 0 spiro atoms. The molecule has 1 aromatic carbocycles. The lowest BCUT2D eigenvalue weighted by Gasteiger charge is -2.26. The Hall–Kier alpha value is -1.10. The van der Waals surface area contributed by atoms with E-state index in [4.69, 9.17) is 19.9 Å². The van der Waals surface area contributed by atoms with Gasteiger partial charge in [0.25, 0.3) is 0 Å². The Morgan fingerprint density at radius 1 is 1.29 bits per heavy atom. The Labute approximate surface area is 102 Å². The molecule has 0 saturated carbocycles. The van der Waals surface area contributed by atoms with Gasteiger partial charge < -0.3 is 19.9 Å². The van der Waals surface area contributed by atoms with Crippen LogP contribution in [0.5, 0.6) is 5.75 Å². The third-order valence-electron chi connectivity index (χ3n) is 3.03. The highest BCUT2D eigenvalue weighted by molar-refractivity contribution is 5.29. The first-order valence-corrected chi connectivity index (χ1v) is 5.80. The summed E-state index contributed by atoms with van der Waals surface area (Å²) >= 11 is 0. The smallest absolute Gasteiger partial charge is 0.167 e. The van der Waals surface area contributed by atoms with E-state index < -0.39 is 5.79 Å². The van der Waals surface area contributed by atoms with Crippen molar-refractivity contribution < 1.29 is 14.2 Å². The Balaban J connectivity index is 2.01. The molecule has 1 atom stereocenters. The Morgan fingerprint density at radius 3 is 2.41 bits per heavy atom. The number of hydrogen-bond donors (Lipinski definition) is 1. The normalized spacial score (nSPS) is 20.2. The number of ether oxygens (including phenoxy) is 3. The summed E-state index contributed by atoms with van der Waals surface area (Å²) in [4.78, 5) is 0. The summed E-state index contributed by atoms with van der Waals surface area (Å²) in [6.45, 7) is 3.22. The predicted molar refractivity (Wildman–Crippen MR) is 64.8 cm³/mol. The van der Waals surface area contributed by atoms with Gasteiger partial charge in [-0.3, -0.25) is 0 Å². The van der Waals surface area contributed by atoms with E-state index in [0.29, 0.717) is 19.6 Å². The summed E-state index contributed by atoms with van der Waals surface area (Å²) in [5.41, 5.74) is 7.21. The van der Waals surface area contributed by atoms with Crippen molar-refractivity contribution in [2.45, 2.75) is 25.2 Å². The first-order chi connectivity index (χ1) is 8.13. The summed E-state index contributed by atoms with van der Waals surface area (Å²) in [5.74, 6) is 0.292. The second-order valence-corrected chi connectivity index (χ2v) is 4.41. The molecule has 1 fully saturated rings. The van der Waals surface area contributed by atoms with Crippen molar-refractivity contribution in [3.8, 4) is 5.75 Å². The largest absolute Gasteiger partial charge is 0.497 e. The number of hydrogen-bond acceptors (Lipinski definition) is 4. The van der Waals surface area contributed by atoms with Crippen molar-refractivity contribution in [1.82, 2.24) is 0 Å². The zero-order valence-electron chi connectivity index (χ0n) is 10.3. The molecule has 0 amide bonds. The minimum atomic E-state index is -0.542. The minimum Gasteiger partial charge on any atom is -0.497 e. The molecule has 0 radical (unpaired) electrons. The molecule has 0 aliphatic carbocycles. The van der Waals surface area contributed by atoms with E-state index in [2.05, 4.69) is 0 Å². The second-order valence-electron chi connectivity index (χ2n) is 4.41. The van der Waals surface area contributed by atoms with Gasteiger partial charge in [-0.15, -0.1) is 0 Å². The van der Waals surface area contributed by atoms with E-state index in [9.17, 15) is 0 Å². The third-order valence-corrected chi connectivity index (χ3v) is 3.03. The lowest BCUT2D eigenvalue weighted by Crippen LogP contribution is -2.31. The maximum absolute atomic E-state index is 6.15. The van der Waals surface area contributed by atoms with Crippen LogP contribution >= 0.6 is 0 Å². The highest BCUT2D eigenvalue weighted by atomic mass is 16.7. The molecular weight excluding hydrogens is 218 g/mol. The van der Waals surface area contributed by atoms with Crippen LogP contribution in [0.25, 0.3) is 0 Å². The van der Waals surface area contributed by atoms with E-state index >= 15 is 0 Å². The number of methoxy groups -OCH3 is 1. The van der Waals surface area contributed by atoms with Crippen LogP contribution in [0.4, 0.5) is 0 Å². The molecule has 1 unspecified atom stereocenters. The van der Waals surface area contributed by atoms with Gasteiger partial charge in [0.2, 0.25) is 0 Å². The Kier molecular flexibility index (Phi) is 3.66. The number of nitrogens with two attached hydrogens (primary N) is 1. The van der Waals surface area contributed by atoms with Gasteiger partial charge in [-0.25, -0.2) is 0 Å². The third kappa shape index (κ3) is 2.97. The molecule has 4 heteroatoms. The fraction of sp³-hybridized carbons (Fsp3) is 0.538. The lowest BCUT2D eigenvalue weighted by molar-refractivity contribution is -0.150. The molecule has 4 nitrogen and oxygen atoms in total. The van der Waals surface area contributed by atoms with Gasteiger partial charge in [0.05, 0.1) is 20.3 Å². The summed E-state index contributed by atoms with van der Waals surface area (Å²) < 4.78 is 16.2. The maximum Gasteiger partial charge on any atom is 0.167 e. The molecule has 1 aliphatic rings. The van der Waals surface area contributed by atoms with Crippen LogP contribution in [0.15, 0.2) is 24.3 Å². The van der Waals surface area contributed by atoms with Crippen LogP contribution in [0.1, 0.15) is 24.9 Å². The van der Waals surface area contributed by atoms with Gasteiger partial charge >= 0.3 is 0 Å². The van der Waals surface area contributed by atoms with Crippen molar-refractivity contribution in [3.05, 3.63) is 29.8 Å². The molecule has 1 heterocycles. The maximum atomic E-state index is 6.15. The first kappa shape index (κ1) is 12.4. The van der Waals surface area contributed by atoms with Gasteiger partial charge in [-0.05, 0) is 24.6 Å². The molecule has 94 valence electrons. The molecule has 2 N–H and O–H groups in total. The SMILES string of the molecule is COc1ccc(C(N)CC2(C)OCCO2)cc1. The van der Waals surface area contributed by atoms with E-state index in [1.165, 1.54) is 0 Å². The highest BCUT2D eigenvalue weighted by Gasteiger charge is 2.33. The molecule has 0 bridgehead atoms. The minimum absolute atomic E-state index is 0.0935. The van der Waals surface area contributed by atoms with Crippen LogP contribution in [-0.2, 0) is 9.47 Å². The van der Waals surface area contributed by atoms with Gasteiger partial charge in [0.15, 0.2) is 5.79 Å². The predicted octanol–water partition coefficient (Wildman–Crippen LogP) is 1.85. The monoisotopic (exact) mass is 237 g/mol. The fourth-order valence-corrected chi connectivity index (χ4v) is 2.04. The summed E-state index contributed by atoms with van der Waals surface area (Å²) in [6.07, 6.45) is 0.652. The van der Waals surface area contributed by atoms with Crippen molar-refractivity contribution in [1.29, 1.82) is 0 Å². The molecular formula is C13H19NO3. The standard InChI is InChI=1S/C13H19NO3/c1-13(16-7-8-17-13)9-12(14)10-3-5-11(15-2)6-4-10/h3-6,12H,7-9,14H2,1-2H3. The number of rotatable bonds is 4. The number of benzene rings is 1. The molecule has 17 heavy (non-hydrogen) atoms. The zero-order valence-corrected chi connectivity index (χ0v) is 10.3. The van der Waals surface area contributed by atoms with Gasteiger partial charge in [0.1, 0.15) is 5.75 Å². The van der Waals surface area contributed by atoms with Crippen LogP contribution in [0, 0.1) is 0 Å². The van der Waals surface area contributed by atoms with E-state index in [1.807, 2.05) is 31.2 Å². The van der Waals surface area contributed by atoms with Crippen LogP contribution < -0.4 is 10.5 Å². The molecule has 1 aromatic rings. The zero-order chi connectivity index (χ0) is 12.3. The van der Waals surface area contributed by atoms with E-state index in [1.54, 1.807) is 7.11 Å². The van der Waals surface area contributed by atoms with Crippen molar-refractivity contribution in [2.75, 3.05) is 20.3 Å². The Bertz CT molecular complexity index is 357. The molecule has 0 aromatic heterocycles. The molecule has 2 rings (SSSR count). The summed E-state index contributed by atoms with van der Waals surface area (Å²) in [7, 11) is 1.65. The van der Waals surface area contributed by atoms with Crippen molar-refractivity contribution in [2.24, 2.45) is 5.73 Å². The lowest BCUT2D eigenvalue weighted by atomic mass is 10.0. The quantitative estimate of drug-likeness (QED) is 0.868. The van der Waals surface area contributed by atoms with Crippen LogP contribution in [-0.4, -0.2) is 26.1 Å². The van der Waals surface area contributed by atoms with Crippen LogP contribution in [0.2, 0.25) is 0 Å². The van der Waals surface area contributed by atoms with E-state index in [0.717, 1.165) is 11.3 Å². The highest BCUT2D eigenvalue weighted by Crippen LogP contribution is 2.29. The topological polar surface area (TPSA) is 53.7 Å². The average Bonchev–Trinajstić information content (AvgIpc) is 2.76. The van der Waals surface area contributed by atoms with Gasteiger partial charge in [0, 0.05) is 12.5 Å². The van der Waals surface area contributed by atoms with Crippen molar-refractivity contribution >= 4 is 0 Å². The van der Waals surface area contributed by atoms with Crippen LogP contribution in [0.3, 0.4) is 0 Å². The summed E-state index contributed by atoms with van der Waals surface area (Å²) in [6, 6.07) is 7.68. The average molecular weight is 237 g/mol. The fourth-order valence-electron chi connectivity index (χ4n) is 2.04. The Morgan fingerprint density at radius 2 is 1.88 bits per heavy atom.